The van der Waals surface area contributed by atoms with E-state index in [0.717, 1.165) is 8.48 Å². The molecule has 0 saturated heterocycles. The second-order valence-corrected chi connectivity index (χ2v) is 5.24. The van der Waals surface area contributed by atoms with E-state index in [9.17, 15) is 14.0 Å². The molecule has 4 nitrogen and oxygen atoms in total. The quantitative estimate of drug-likeness (QED) is 0.662. The summed E-state index contributed by atoms with van der Waals surface area (Å²) in [5.41, 5.74) is 0.675. The zero-order chi connectivity index (χ0) is 13.5. The van der Waals surface area contributed by atoms with E-state index < -0.39 is 6.03 Å². The Bertz CT molecular complexity index is 456. The van der Waals surface area contributed by atoms with Crippen molar-refractivity contribution < 1.29 is 14.0 Å². The number of benzene rings is 1. The summed E-state index contributed by atoms with van der Waals surface area (Å²) in [5.74, 6) is -0.357. The summed E-state index contributed by atoms with van der Waals surface area (Å²) in [4.78, 5) is 23.4. The number of allylic oxidation sites excluding steroid dienone is 1. The Labute approximate surface area is 118 Å². The lowest BCUT2D eigenvalue weighted by Gasteiger charge is -2.15. The lowest BCUT2D eigenvalue weighted by atomic mass is 10.2. The molecule has 6 heteroatoms. The molecule has 96 valence electrons. The van der Waals surface area contributed by atoms with Crippen LogP contribution in [0.4, 0.5) is 9.18 Å². The van der Waals surface area contributed by atoms with Gasteiger partial charge in [-0.05, 0) is 47.2 Å². The second-order valence-electron chi connectivity index (χ2n) is 3.54. The molecule has 18 heavy (non-hydrogen) atoms. The van der Waals surface area contributed by atoms with Gasteiger partial charge in [-0.1, -0.05) is 12.1 Å². The summed E-state index contributed by atoms with van der Waals surface area (Å²) in [7, 11) is 0. The summed E-state index contributed by atoms with van der Waals surface area (Å²) in [6.45, 7) is 1.91. The number of hydrogen-bond donors (Lipinski definition) is 1. The second kappa shape index (κ2) is 7.10. The third-order valence-electron chi connectivity index (χ3n) is 2.05. The van der Waals surface area contributed by atoms with Crippen molar-refractivity contribution in [2.75, 3.05) is 0 Å². The molecule has 0 unspecified atom stereocenters. The van der Waals surface area contributed by atoms with Crippen LogP contribution in [0.2, 0.25) is 0 Å². The lowest BCUT2D eigenvalue weighted by Crippen LogP contribution is -2.36. The van der Waals surface area contributed by atoms with Crippen molar-refractivity contribution in [2.45, 2.75) is 13.5 Å². The first-order chi connectivity index (χ1) is 8.52. The highest BCUT2D eigenvalue weighted by atomic mass is 127. The van der Waals surface area contributed by atoms with Crippen molar-refractivity contribution in [3.05, 3.63) is 45.4 Å². The molecule has 0 spiro atoms. The fourth-order valence-electron chi connectivity index (χ4n) is 1.19. The van der Waals surface area contributed by atoms with E-state index in [0.29, 0.717) is 12.0 Å². The Morgan fingerprint density at radius 1 is 1.44 bits per heavy atom. The molecule has 1 aromatic carbocycles. The molecular weight excluding hydrogens is 350 g/mol. The Balaban J connectivity index is 2.67. The van der Waals surface area contributed by atoms with Crippen LogP contribution in [0.5, 0.6) is 0 Å². The van der Waals surface area contributed by atoms with Crippen LogP contribution in [-0.2, 0) is 11.3 Å². The lowest BCUT2D eigenvalue weighted by molar-refractivity contribution is -0.116. The number of urea groups is 1. The number of halogens is 2. The molecule has 0 aliphatic rings. The number of carbonyl (C=O) groups is 2. The van der Waals surface area contributed by atoms with Gasteiger partial charge in [-0.3, -0.25) is 9.69 Å². The highest BCUT2D eigenvalue weighted by Crippen LogP contribution is 2.06. The van der Waals surface area contributed by atoms with Gasteiger partial charge in [-0.25, -0.2) is 9.18 Å². The molecule has 1 aromatic rings. The van der Waals surface area contributed by atoms with Gasteiger partial charge >= 0.3 is 6.03 Å². The first-order valence-corrected chi connectivity index (χ1v) is 6.20. The Morgan fingerprint density at radius 3 is 2.56 bits per heavy atom. The number of imide groups is 1. The summed E-state index contributed by atoms with van der Waals surface area (Å²) in [5, 5.41) is 2.48. The molecule has 0 heterocycles. The Hall–Kier alpha value is -1.44. The van der Waals surface area contributed by atoms with Crippen LogP contribution in [0.3, 0.4) is 0 Å². The smallest absolute Gasteiger partial charge is 0.313 e. The van der Waals surface area contributed by atoms with E-state index in [1.165, 1.54) is 30.5 Å². The van der Waals surface area contributed by atoms with Crippen LogP contribution < -0.4 is 5.32 Å². The van der Waals surface area contributed by atoms with Crippen LogP contribution in [-0.4, -0.2) is 17.3 Å². The largest absolute Gasteiger partial charge is 0.328 e. The molecule has 1 rings (SSSR count). The fourth-order valence-corrected chi connectivity index (χ4v) is 1.34. The zero-order valence-corrected chi connectivity index (χ0v) is 11.8. The van der Waals surface area contributed by atoms with E-state index in [1.54, 1.807) is 0 Å². The van der Waals surface area contributed by atoms with Crippen molar-refractivity contribution in [3.63, 3.8) is 0 Å². The summed E-state index contributed by atoms with van der Waals surface area (Å²) < 4.78 is 13.6. The third kappa shape index (κ3) is 4.82. The average Bonchev–Trinajstić information content (AvgIpc) is 2.35. The Morgan fingerprint density at radius 2 is 2.06 bits per heavy atom. The number of rotatable bonds is 4. The molecule has 0 saturated carbocycles. The normalized spacial score (nSPS) is 10.9. The molecule has 0 radical (unpaired) electrons. The summed E-state index contributed by atoms with van der Waals surface area (Å²) >= 11 is 2.04. The standard InChI is InChI=1S/C12H12FIN2O2/c1-9(14)6-15-12(18)16(8-17)7-10-2-4-11(13)5-3-10/h2-6,8H,7H2,1H3,(H,15,18)/b9-6+. The number of nitrogens with one attached hydrogen (secondary N) is 1. The van der Waals surface area contributed by atoms with Crippen LogP contribution in [0.25, 0.3) is 0 Å². The number of nitrogens with zero attached hydrogens (tertiary/aromatic N) is 1. The Kier molecular flexibility index (Phi) is 5.76. The van der Waals surface area contributed by atoms with Gasteiger partial charge in [-0.2, -0.15) is 0 Å². The van der Waals surface area contributed by atoms with Crippen molar-refractivity contribution >= 4 is 35.0 Å². The van der Waals surface area contributed by atoms with Gasteiger partial charge < -0.3 is 5.32 Å². The van der Waals surface area contributed by atoms with Gasteiger partial charge in [0.15, 0.2) is 0 Å². The average molecular weight is 362 g/mol. The van der Waals surface area contributed by atoms with Crippen LogP contribution in [0, 0.1) is 5.82 Å². The minimum Gasteiger partial charge on any atom is -0.313 e. The monoisotopic (exact) mass is 362 g/mol. The molecular formula is C12H12FIN2O2. The van der Waals surface area contributed by atoms with Crippen LogP contribution >= 0.6 is 22.6 Å². The molecule has 0 aromatic heterocycles. The van der Waals surface area contributed by atoms with Gasteiger partial charge in [0.05, 0.1) is 6.54 Å². The first-order valence-electron chi connectivity index (χ1n) is 5.12. The van der Waals surface area contributed by atoms with Crippen molar-refractivity contribution in [3.8, 4) is 0 Å². The van der Waals surface area contributed by atoms with Gasteiger partial charge in [0.25, 0.3) is 0 Å². The van der Waals surface area contributed by atoms with Crippen molar-refractivity contribution in [2.24, 2.45) is 0 Å². The molecule has 0 fully saturated rings. The van der Waals surface area contributed by atoms with Gasteiger partial charge in [0.2, 0.25) is 6.41 Å². The maximum Gasteiger partial charge on any atom is 0.328 e. The van der Waals surface area contributed by atoms with Crippen LogP contribution in [0.1, 0.15) is 12.5 Å². The minimum absolute atomic E-state index is 0.101. The SMILES string of the molecule is C/C(I)=C\NC(=O)N(C=O)Cc1ccc(F)cc1. The molecule has 0 atom stereocenters. The molecule has 1 N–H and O–H groups in total. The molecule has 0 aliphatic heterocycles. The minimum atomic E-state index is -0.523. The number of carbonyl (C=O) groups excluding carboxylic acids is 2. The van der Waals surface area contributed by atoms with E-state index in [2.05, 4.69) is 5.32 Å². The van der Waals surface area contributed by atoms with E-state index >= 15 is 0 Å². The van der Waals surface area contributed by atoms with Gasteiger partial charge in [0, 0.05) is 9.78 Å². The summed E-state index contributed by atoms with van der Waals surface area (Å²) in [6.07, 6.45) is 1.94. The predicted octanol–water partition coefficient (Wildman–Crippen LogP) is 2.79. The van der Waals surface area contributed by atoms with E-state index in [-0.39, 0.29) is 12.4 Å². The van der Waals surface area contributed by atoms with Gasteiger partial charge in [0.1, 0.15) is 5.82 Å². The molecule has 0 aliphatic carbocycles. The maximum atomic E-state index is 12.7. The number of hydrogen-bond acceptors (Lipinski definition) is 2. The van der Waals surface area contributed by atoms with Crippen molar-refractivity contribution in [1.82, 2.24) is 10.2 Å². The van der Waals surface area contributed by atoms with Gasteiger partial charge in [-0.15, -0.1) is 0 Å². The van der Waals surface area contributed by atoms with E-state index in [1.807, 2.05) is 29.5 Å². The highest BCUT2D eigenvalue weighted by Gasteiger charge is 2.11. The fraction of sp³-hybridized carbons (Fsp3) is 0.167. The van der Waals surface area contributed by atoms with Crippen LogP contribution in [0.15, 0.2) is 34.0 Å². The molecule has 0 bridgehead atoms. The number of amides is 3. The van der Waals surface area contributed by atoms with Crippen molar-refractivity contribution in [1.29, 1.82) is 0 Å². The zero-order valence-electron chi connectivity index (χ0n) is 9.69. The first kappa shape index (κ1) is 14.6. The highest BCUT2D eigenvalue weighted by molar-refractivity contribution is 14.1. The summed E-state index contributed by atoms with van der Waals surface area (Å²) in [6, 6.07) is 5.10. The molecule has 3 amide bonds. The van der Waals surface area contributed by atoms with E-state index in [4.69, 9.17) is 0 Å². The predicted molar refractivity (Wildman–Crippen MR) is 74.3 cm³/mol. The third-order valence-corrected chi connectivity index (χ3v) is 2.36. The maximum absolute atomic E-state index is 12.7. The topological polar surface area (TPSA) is 49.4 Å².